The van der Waals surface area contributed by atoms with E-state index in [1.807, 2.05) is 6.92 Å². The van der Waals surface area contributed by atoms with E-state index in [1.165, 1.54) is 0 Å². The van der Waals surface area contributed by atoms with Gasteiger partial charge in [-0.1, -0.05) is 37.8 Å². The summed E-state index contributed by atoms with van der Waals surface area (Å²) < 4.78 is 17.3. The SMILES string of the molecule is C=C/C=C(\C=C)c1nc(COCC2CCCC(COC(C)(C)C(=O)O)C2)c(C)o1. The Kier molecular flexibility index (Phi) is 8.41. The molecule has 1 aromatic rings. The van der Waals surface area contributed by atoms with Crippen molar-refractivity contribution in [1.82, 2.24) is 4.98 Å². The topological polar surface area (TPSA) is 81.8 Å². The van der Waals surface area contributed by atoms with Crippen molar-refractivity contribution in [3.63, 3.8) is 0 Å². The number of ether oxygens (including phenoxy) is 2. The van der Waals surface area contributed by atoms with Crippen molar-refractivity contribution in [1.29, 1.82) is 0 Å². The predicted molar refractivity (Wildman–Crippen MR) is 112 cm³/mol. The lowest BCUT2D eigenvalue weighted by atomic mass is 9.82. The zero-order valence-corrected chi connectivity index (χ0v) is 17.8. The molecule has 0 spiro atoms. The fourth-order valence-corrected chi connectivity index (χ4v) is 3.45. The second kappa shape index (κ2) is 10.6. The highest BCUT2D eigenvalue weighted by molar-refractivity contribution is 5.76. The van der Waals surface area contributed by atoms with E-state index in [1.54, 1.807) is 32.1 Å². The summed E-state index contributed by atoms with van der Waals surface area (Å²) in [6.45, 7) is 14.1. The number of aryl methyl sites for hydroxylation is 1. The number of carboxylic acids is 1. The molecule has 1 fully saturated rings. The van der Waals surface area contributed by atoms with Gasteiger partial charge in [0.05, 0.1) is 13.2 Å². The van der Waals surface area contributed by atoms with E-state index in [0.29, 0.717) is 37.5 Å². The maximum absolute atomic E-state index is 11.2. The number of aliphatic carboxylic acids is 1. The summed E-state index contributed by atoms with van der Waals surface area (Å²) in [6.07, 6.45) is 9.45. The normalized spacial score (nSPS) is 20.4. The molecule has 1 saturated carbocycles. The average Bonchev–Trinajstić information content (AvgIpc) is 3.05. The minimum Gasteiger partial charge on any atom is -0.479 e. The lowest BCUT2D eigenvalue weighted by Gasteiger charge is -2.31. The summed E-state index contributed by atoms with van der Waals surface area (Å²) in [5, 5.41) is 9.18. The molecule has 0 radical (unpaired) electrons. The number of carbonyl (C=O) groups is 1. The number of oxazole rings is 1. The van der Waals surface area contributed by atoms with Gasteiger partial charge < -0.3 is 19.0 Å². The molecule has 1 N–H and O–H groups in total. The first-order valence-corrected chi connectivity index (χ1v) is 10.1. The highest BCUT2D eigenvalue weighted by atomic mass is 16.5. The number of allylic oxidation sites excluding steroid dienone is 4. The van der Waals surface area contributed by atoms with Gasteiger partial charge in [-0.15, -0.1) is 0 Å². The van der Waals surface area contributed by atoms with Gasteiger partial charge in [0.2, 0.25) is 5.89 Å². The Morgan fingerprint density at radius 3 is 2.62 bits per heavy atom. The molecule has 0 bridgehead atoms. The molecule has 2 unspecified atom stereocenters. The number of nitrogens with zero attached hydrogens (tertiary/aromatic N) is 1. The minimum absolute atomic E-state index is 0.371. The average molecular weight is 404 g/mol. The predicted octanol–water partition coefficient (Wildman–Crippen LogP) is 4.94. The van der Waals surface area contributed by atoms with Crippen LogP contribution in [0.5, 0.6) is 0 Å². The van der Waals surface area contributed by atoms with Crippen LogP contribution in [0.1, 0.15) is 56.9 Å². The van der Waals surface area contributed by atoms with Gasteiger partial charge in [-0.05, 0) is 51.9 Å². The lowest BCUT2D eigenvalue weighted by Crippen LogP contribution is -2.37. The van der Waals surface area contributed by atoms with E-state index >= 15 is 0 Å². The summed E-state index contributed by atoms with van der Waals surface area (Å²) in [5.41, 5.74) is 0.431. The maximum atomic E-state index is 11.2. The Morgan fingerprint density at radius 1 is 1.31 bits per heavy atom. The highest BCUT2D eigenvalue weighted by Gasteiger charge is 2.30. The van der Waals surface area contributed by atoms with Crippen molar-refractivity contribution in [2.75, 3.05) is 13.2 Å². The van der Waals surface area contributed by atoms with Crippen LogP contribution in [0, 0.1) is 18.8 Å². The minimum atomic E-state index is -1.14. The summed E-state index contributed by atoms with van der Waals surface area (Å²) in [5.74, 6) is 1.14. The number of aromatic nitrogens is 1. The van der Waals surface area contributed by atoms with Gasteiger partial charge in [0.1, 0.15) is 11.5 Å². The Labute approximate surface area is 173 Å². The van der Waals surface area contributed by atoms with Crippen molar-refractivity contribution < 1.29 is 23.8 Å². The molecule has 2 atom stereocenters. The zero-order chi connectivity index (χ0) is 21.4. The summed E-state index contributed by atoms with van der Waals surface area (Å²) in [4.78, 5) is 15.7. The van der Waals surface area contributed by atoms with Gasteiger partial charge >= 0.3 is 5.97 Å². The third-order valence-corrected chi connectivity index (χ3v) is 5.34. The largest absolute Gasteiger partial charge is 0.479 e. The van der Waals surface area contributed by atoms with Crippen LogP contribution in [0.4, 0.5) is 0 Å². The molecule has 2 rings (SSSR count). The molecule has 1 aliphatic rings. The van der Waals surface area contributed by atoms with Gasteiger partial charge in [-0.3, -0.25) is 0 Å². The van der Waals surface area contributed by atoms with Crippen LogP contribution in [0.2, 0.25) is 0 Å². The van der Waals surface area contributed by atoms with Crippen LogP contribution in [0.15, 0.2) is 35.8 Å². The molecule has 1 aromatic heterocycles. The van der Waals surface area contributed by atoms with Gasteiger partial charge in [0.15, 0.2) is 5.60 Å². The Bertz CT molecular complexity index is 746. The van der Waals surface area contributed by atoms with Crippen LogP contribution in [0.3, 0.4) is 0 Å². The first-order valence-electron chi connectivity index (χ1n) is 10.1. The molecule has 0 amide bonds. The van der Waals surface area contributed by atoms with E-state index in [2.05, 4.69) is 18.1 Å². The van der Waals surface area contributed by atoms with Crippen molar-refractivity contribution in [3.05, 3.63) is 48.7 Å². The zero-order valence-electron chi connectivity index (χ0n) is 17.8. The third kappa shape index (κ3) is 6.68. The fourth-order valence-electron chi connectivity index (χ4n) is 3.45. The van der Waals surface area contributed by atoms with Crippen LogP contribution >= 0.6 is 0 Å². The molecular weight excluding hydrogens is 370 g/mol. The van der Waals surface area contributed by atoms with E-state index < -0.39 is 11.6 Å². The van der Waals surface area contributed by atoms with Crippen molar-refractivity contribution in [2.24, 2.45) is 11.8 Å². The molecule has 0 saturated heterocycles. The number of rotatable bonds is 11. The van der Waals surface area contributed by atoms with Gasteiger partial charge in [-0.2, -0.15) is 0 Å². The molecule has 1 heterocycles. The maximum Gasteiger partial charge on any atom is 0.335 e. The Morgan fingerprint density at radius 2 is 2.00 bits per heavy atom. The Balaban J connectivity index is 1.82. The molecular formula is C23H33NO5. The summed E-state index contributed by atoms with van der Waals surface area (Å²) in [7, 11) is 0. The fraction of sp³-hybridized carbons (Fsp3) is 0.565. The molecule has 6 heteroatoms. The quantitative estimate of drug-likeness (QED) is 0.527. The molecule has 6 nitrogen and oxygen atoms in total. The second-order valence-corrected chi connectivity index (χ2v) is 8.12. The molecule has 29 heavy (non-hydrogen) atoms. The molecule has 0 aromatic carbocycles. The van der Waals surface area contributed by atoms with Gasteiger partial charge in [0, 0.05) is 12.2 Å². The van der Waals surface area contributed by atoms with Crippen LogP contribution in [-0.4, -0.2) is 34.9 Å². The number of carboxylic acid groups (broad SMARTS) is 1. The first kappa shape index (κ1) is 23.1. The van der Waals surface area contributed by atoms with Crippen molar-refractivity contribution in [3.8, 4) is 0 Å². The molecule has 1 aliphatic carbocycles. The van der Waals surface area contributed by atoms with Gasteiger partial charge in [0.25, 0.3) is 0 Å². The van der Waals surface area contributed by atoms with E-state index in [9.17, 15) is 9.90 Å². The summed E-state index contributed by atoms with van der Waals surface area (Å²) in [6, 6.07) is 0. The third-order valence-electron chi connectivity index (χ3n) is 5.34. The molecule has 0 aliphatic heterocycles. The van der Waals surface area contributed by atoms with E-state index in [4.69, 9.17) is 13.9 Å². The van der Waals surface area contributed by atoms with Crippen molar-refractivity contribution in [2.45, 2.75) is 58.7 Å². The second-order valence-electron chi connectivity index (χ2n) is 8.12. The van der Waals surface area contributed by atoms with Crippen molar-refractivity contribution >= 4 is 11.5 Å². The lowest BCUT2D eigenvalue weighted by molar-refractivity contribution is -0.163. The standard InChI is InChI=1S/C23H33NO5/c1-6-9-19(7-2)21-24-20(16(3)29-21)15-27-13-17-10-8-11-18(12-17)14-28-23(4,5)22(25)26/h6-7,9,17-18H,1-2,8,10-15H2,3-5H3,(H,25,26)/b19-9+. The number of hydrogen-bond acceptors (Lipinski definition) is 5. The van der Waals surface area contributed by atoms with Crippen LogP contribution in [0.25, 0.3) is 5.57 Å². The summed E-state index contributed by atoms with van der Waals surface area (Å²) >= 11 is 0. The Hall–Kier alpha value is -2.18. The highest BCUT2D eigenvalue weighted by Crippen LogP contribution is 2.31. The number of hydrogen-bond donors (Lipinski definition) is 1. The smallest absolute Gasteiger partial charge is 0.335 e. The van der Waals surface area contributed by atoms with Crippen LogP contribution < -0.4 is 0 Å². The van der Waals surface area contributed by atoms with Gasteiger partial charge in [-0.25, -0.2) is 9.78 Å². The monoisotopic (exact) mass is 403 g/mol. The van der Waals surface area contributed by atoms with E-state index in [-0.39, 0.29) is 0 Å². The molecule has 160 valence electrons. The van der Waals surface area contributed by atoms with Crippen LogP contribution in [-0.2, 0) is 20.9 Å². The van der Waals surface area contributed by atoms with E-state index in [0.717, 1.165) is 42.7 Å². The first-order chi connectivity index (χ1) is 13.8.